The Kier molecular flexibility index (Phi) is 4.84. The Morgan fingerprint density at radius 3 is 2.95 bits per heavy atom. The number of benzene rings is 1. The predicted octanol–water partition coefficient (Wildman–Crippen LogP) is 2.69. The number of hydrogen-bond acceptors (Lipinski definition) is 4. The molecule has 106 valence electrons. The molecule has 1 amide bonds. The molecule has 2 rings (SSSR count). The summed E-state index contributed by atoms with van der Waals surface area (Å²) in [5.74, 6) is 1.76. The first-order chi connectivity index (χ1) is 9.61. The molecule has 0 bridgehead atoms. The summed E-state index contributed by atoms with van der Waals surface area (Å²) in [6, 6.07) is 9.30. The first-order valence-electron chi connectivity index (χ1n) is 6.65. The molecule has 2 aromatic rings. The van der Waals surface area contributed by atoms with Crippen molar-refractivity contribution in [3.63, 3.8) is 0 Å². The lowest BCUT2D eigenvalue weighted by Gasteiger charge is -2.13. The molecule has 4 nitrogen and oxygen atoms in total. The van der Waals surface area contributed by atoms with Crippen molar-refractivity contribution in [2.24, 2.45) is 0 Å². The number of thioether (sulfide) groups is 1. The molecule has 1 unspecified atom stereocenters. The van der Waals surface area contributed by atoms with E-state index in [-0.39, 0.29) is 11.9 Å². The molecule has 0 aliphatic carbocycles. The number of carbonyl (C=O) groups excluding carboxylic acids is 1. The van der Waals surface area contributed by atoms with Crippen molar-refractivity contribution < 1.29 is 4.79 Å². The summed E-state index contributed by atoms with van der Waals surface area (Å²) in [6.45, 7) is 4.09. The largest absolute Gasteiger partial charge is 0.398 e. The zero-order chi connectivity index (χ0) is 14.5. The Balaban J connectivity index is 2.18. The summed E-state index contributed by atoms with van der Waals surface area (Å²) in [4.78, 5) is 16.5. The molecule has 0 aliphatic rings. The number of aromatic nitrogens is 1. The summed E-state index contributed by atoms with van der Waals surface area (Å²) in [5.41, 5.74) is 7.68. The molecule has 0 saturated carbocycles. The van der Waals surface area contributed by atoms with Crippen LogP contribution in [0.25, 0.3) is 10.9 Å². The molecule has 0 aliphatic heterocycles. The molecule has 20 heavy (non-hydrogen) atoms. The number of para-hydroxylation sites is 1. The van der Waals surface area contributed by atoms with Gasteiger partial charge in [0.2, 0.25) is 0 Å². The lowest BCUT2D eigenvalue weighted by molar-refractivity contribution is 0.0939. The second-order valence-electron chi connectivity index (χ2n) is 4.65. The van der Waals surface area contributed by atoms with Gasteiger partial charge in [-0.25, -0.2) is 4.98 Å². The third-order valence-electron chi connectivity index (χ3n) is 2.93. The van der Waals surface area contributed by atoms with E-state index in [2.05, 4.69) is 17.2 Å². The van der Waals surface area contributed by atoms with Gasteiger partial charge in [-0.1, -0.05) is 25.1 Å². The SMILES string of the molecule is CCSCC(C)NC(=O)c1cc(N)c2ccccc2n1. The van der Waals surface area contributed by atoms with Crippen LogP contribution in [0.5, 0.6) is 0 Å². The molecular weight excluding hydrogens is 270 g/mol. The Hall–Kier alpha value is -1.75. The Morgan fingerprint density at radius 1 is 1.45 bits per heavy atom. The van der Waals surface area contributed by atoms with Crippen LogP contribution in [-0.2, 0) is 0 Å². The standard InChI is InChI=1S/C15H19N3OS/c1-3-20-9-10(2)17-15(19)14-8-12(16)11-6-4-5-7-13(11)18-14/h4-8,10H,3,9H2,1-2H3,(H2,16,18)(H,17,19). The van der Waals surface area contributed by atoms with Crippen molar-refractivity contribution in [2.75, 3.05) is 17.2 Å². The zero-order valence-electron chi connectivity index (χ0n) is 11.7. The average molecular weight is 289 g/mol. The molecule has 0 radical (unpaired) electrons. The highest BCUT2D eigenvalue weighted by Gasteiger charge is 2.13. The van der Waals surface area contributed by atoms with E-state index in [1.54, 1.807) is 17.8 Å². The lowest BCUT2D eigenvalue weighted by atomic mass is 10.1. The fraction of sp³-hybridized carbons (Fsp3) is 0.333. The second-order valence-corrected chi connectivity index (χ2v) is 5.97. The van der Waals surface area contributed by atoms with Crippen LogP contribution >= 0.6 is 11.8 Å². The zero-order valence-corrected chi connectivity index (χ0v) is 12.5. The molecule has 1 aromatic heterocycles. The van der Waals surface area contributed by atoms with Crippen LogP contribution in [-0.4, -0.2) is 28.4 Å². The number of hydrogen-bond donors (Lipinski definition) is 2. The minimum Gasteiger partial charge on any atom is -0.398 e. The van der Waals surface area contributed by atoms with Crippen LogP contribution in [0.1, 0.15) is 24.3 Å². The summed E-state index contributed by atoms with van der Waals surface area (Å²) in [7, 11) is 0. The van der Waals surface area contributed by atoms with Crippen molar-refractivity contribution in [3.05, 3.63) is 36.0 Å². The van der Waals surface area contributed by atoms with Crippen LogP contribution in [0.15, 0.2) is 30.3 Å². The van der Waals surface area contributed by atoms with Crippen molar-refractivity contribution in [3.8, 4) is 0 Å². The summed E-state index contributed by atoms with van der Waals surface area (Å²) in [6.07, 6.45) is 0. The smallest absolute Gasteiger partial charge is 0.270 e. The van der Waals surface area contributed by atoms with Gasteiger partial charge < -0.3 is 11.1 Å². The third kappa shape index (κ3) is 3.42. The van der Waals surface area contributed by atoms with E-state index in [4.69, 9.17) is 5.73 Å². The topological polar surface area (TPSA) is 68.0 Å². The number of rotatable bonds is 5. The predicted molar refractivity (Wildman–Crippen MR) is 86.1 cm³/mol. The summed E-state index contributed by atoms with van der Waals surface area (Å²) < 4.78 is 0. The van der Waals surface area contributed by atoms with E-state index in [0.717, 1.165) is 22.4 Å². The van der Waals surface area contributed by atoms with Crippen molar-refractivity contribution in [2.45, 2.75) is 19.9 Å². The monoisotopic (exact) mass is 289 g/mol. The Labute approximate surface area is 123 Å². The second kappa shape index (κ2) is 6.61. The molecule has 5 heteroatoms. The summed E-state index contributed by atoms with van der Waals surface area (Å²) in [5, 5.41) is 3.82. The third-order valence-corrected chi connectivity index (χ3v) is 4.07. The highest BCUT2D eigenvalue weighted by atomic mass is 32.2. The maximum atomic E-state index is 12.2. The Bertz CT molecular complexity index is 615. The van der Waals surface area contributed by atoms with Crippen molar-refractivity contribution >= 4 is 34.3 Å². The van der Waals surface area contributed by atoms with Gasteiger partial charge in [0.1, 0.15) is 5.69 Å². The number of nitrogens with zero attached hydrogens (tertiary/aromatic N) is 1. The van der Waals surface area contributed by atoms with Gasteiger partial charge in [0, 0.05) is 22.9 Å². The van der Waals surface area contributed by atoms with E-state index in [9.17, 15) is 4.79 Å². The highest BCUT2D eigenvalue weighted by Crippen LogP contribution is 2.20. The van der Waals surface area contributed by atoms with E-state index >= 15 is 0 Å². The highest BCUT2D eigenvalue weighted by molar-refractivity contribution is 7.99. The molecule has 1 aromatic carbocycles. The first kappa shape index (κ1) is 14.7. The maximum Gasteiger partial charge on any atom is 0.270 e. The van der Waals surface area contributed by atoms with Gasteiger partial charge in [-0.05, 0) is 24.8 Å². The quantitative estimate of drug-likeness (QED) is 0.888. The molecule has 0 saturated heterocycles. The van der Waals surface area contributed by atoms with Gasteiger partial charge in [-0.2, -0.15) is 11.8 Å². The van der Waals surface area contributed by atoms with Crippen LogP contribution in [0.2, 0.25) is 0 Å². The number of nitrogens with one attached hydrogen (secondary N) is 1. The van der Waals surface area contributed by atoms with E-state index in [1.165, 1.54) is 0 Å². The lowest BCUT2D eigenvalue weighted by Crippen LogP contribution is -2.34. The van der Waals surface area contributed by atoms with Crippen molar-refractivity contribution in [1.29, 1.82) is 0 Å². The van der Waals surface area contributed by atoms with Crippen LogP contribution in [0.4, 0.5) is 5.69 Å². The molecule has 3 N–H and O–H groups in total. The summed E-state index contributed by atoms with van der Waals surface area (Å²) >= 11 is 1.80. The molecule has 1 heterocycles. The number of pyridine rings is 1. The minimum absolute atomic E-state index is 0.113. The minimum atomic E-state index is -0.174. The number of fused-ring (bicyclic) bond motifs is 1. The van der Waals surface area contributed by atoms with Crippen molar-refractivity contribution in [1.82, 2.24) is 10.3 Å². The van der Waals surface area contributed by atoms with E-state index < -0.39 is 0 Å². The number of carbonyl (C=O) groups is 1. The first-order valence-corrected chi connectivity index (χ1v) is 7.81. The van der Waals surface area contributed by atoms with Crippen LogP contribution < -0.4 is 11.1 Å². The molecule has 1 atom stereocenters. The van der Waals surface area contributed by atoms with Gasteiger partial charge in [0.15, 0.2) is 0 Å². The molecular formula is C15H19N3OS. The van der Waals surface area contributed by atoms with Crippen LogP contribution in [0, 0.1) is 0 Å². The fourth-order valence-electron chi connectivity index (χ4n) is 1.95. The number of nitrogen functional groups attached to an aromatic ring is 1. The Morgan fingerprint density at radius 2 is 2.20 bits per heavy atom. The molecule has 0 fully saturated rings. The van der Waals surface area contributed by atoms with E-state index in [1.807, 2.05) is 31.2 Å². The van der Waals surface area contributed by atoms with Gasteiger partial charge in [-0.3, -0.25) is 4.79 Å². The maximum absolute atomic E-state index is 12.2. The van der Waals surface area contributed by atoms with Gasteiger partial charge >= 0.3 is 0 Å². The average Bonchev–Trinajstić information content (AvgIpc) is 2.45. The van der Waals surface area contributed by atoms with Gasteiger partial charge in [0.05, 0.1) is 5.52 Å². The van der Waals surface area contributed by atoms with Crippen LogP contribution in [0.3, 0.4) is 0 Å². The fourth-order valence-corrected chi connectivity index (χ4v) is 2.63. The van der Waals surface area contributed by atoms with Gasteiger partial charge in [-0.15, -0.1) is 0 Å². The number of nitrogens with two attached hydrogens (primary N) is 1. The van der Waals surface area contributed by atoms with Gasteiger partial charge in [0.25, 0.3) is 5.91 Å². The molecule has 0 spiro atoms. The number of anilines is 1. The number of amides is 1. The normalized spacial score (nSPS) is 12.3. The van der Waals surface area contributed by atoms with E-state index in [0.29, 0.717) is 11.4 Å².